The van der Waals surface area contributed by atoms with E-state index in [9.17, 15) is 0 Å². The van der Waals surface area contributed by atoms with Crippen molar-refractivity contribution in [3.8, 4) is 61.3 Å². The number of aromatic nitrogens is 1. The monoisotopic (exact) mass is 916 g/mol. The highest BCUT2D eigenvalue weighted by molar-refractivity contribution is 6.09. The highest BCUT2D eigenvalue weighted by Crippen LogP contribution is 2.66. The maximum atomic E-state index is 2.53. The predicted octanol–water partition coefficient (Wildman–Crippen LogP) is 18.2. The first-order chi connectivity index (χ1) is 35.5. The van der Waals surface area contributed by atoms with E-state index in [2.05, 4.69) is 278 Å². The van der Waals surface area contributed by atoms with Gasteiger partial charge in [-0.15, -0.1) is 0 Å². The maximum absolute atomic E-state index is 2.53. The van der Waals surface area contributed by atoms with Gasteiger partial charge in [-0.25, -0.2) is 0 Å². The van der Waals surface area contributed by atoms with Crippen LogP contribution in [0.1, 0.15) is 47.2 Å². The zero-order valence-electron chi connectivity index (χ0n) is 40.1. The van der Waals surface area contributed by atoms with Crippen LogP contribution in [0, 0.1) is 0 Å². The molecule has 0 aliphatic heterocycles. The van der Waals surface area contributed by atoms with Gasteiger partial charge in [-0.1, -0.05) is 214 Å². The number of anilines is 3. The Morgan fingerprint density at radius 1 is 0.319 bits per heavy atom. The first-order valence-corrected chi connectivity index (χ1v) is 25.3. The molecule has 15 rings (SSSR count). The fourth-order valence-electron chi connectivity index (χ4n) is 13.3. The summed E-state index contributed by atoms with van der Waals surface area (Å²) < 4.78 is 2.39. The summed E-state index contributed by atoms with van der Waals surface area (Å²) in [7, 11) is 0. The first kappa shape index (κ1) is 40.9. The van der Waals surface area contributed by atoms with Crippen molar-refractivity contribution in [2.75, 3.05) is 4.90 Å². The average molecular weight is 917 g/mol. The minimum atomic E-state index is -0.513. The zero-order chi connectivity index (χ0) is 47.7. The van der Waals surface area contributed by atoms with Crippen LogP contribution in [-0.4, -0.2) is 4.57 Å². The second-order valence-electron chi connectivity index (χ2n) is 20.3. The second-order valence-corrected chi connectivity index (χ2v) is 20.3. The van der Waals surface area contributed by atoms with Crippen LogP contribution in [0.2, 0.25) is 0 Å². The largest absolute Gasteiger partial charge is 0.310 e. The van der Waals surface area contributed by atoms with Crippen LogP contribution < -0.4 is 4.90 Å². The summed E-state index contributed by atoms with van der Waals surface area (Å²) in [4.78, 5) is 2.53. The summed E-state index contributed by atoms with van der Waals surface area (Å²) >= 11 is 0. The lowest BCUT2D eigenvalue weighted by Crippen LogP contribution is -2.26. The topological polar surface area (TPSA) is 8.17 Å². The van der Waals surface area contributed by atoms with Gasteiger partial charge in [0.1, 0.15) is 0 Å². The number of benzene rings is 11. The molecule has 0 radical (unpaired) electrons. The van der Waals surface area contributed by atoms with Crippen LogP contribution in [-0.2, 0) is 10.8 Å². The van der Waals surface area contributed by atoms with Crippen molar-refractivity contribution in [1.82, 2.24) is 4.57 Å². The molecule has 0 N–H and O–H groups in total. The Morgan fingerprint density at radius 2 is 0.806 bits per heavy atom. The Balaban J connectivity index is 0.914. The minimum Gasteiger partial charge on any atom is -0.310 e. The van der Waals surface area contributed by atoms with Gasteiger partial charge < -0.3 is 9.47 Å². The van der Waals surface area contributed by atoms with Crippen molar-refractivity contribution in [2.45, 2.75) is 24.7 Å². The standard InChI is InChI=1S/C70H48N2/c1-69(2)58-26-11-6-20-52(58)53-43-42-50(44-63(53)69)71(48-38-34-45(35-39-48)46-36-40-49(41-37-46)72-64-31-14-9-21-54(64)55-22-10-15-32-65(55)72)66-33-17-30-62-68(66)57-24-8-13-28-60(57)70(62)59-27-12-7-23-56(59)67-51(25-16-29-61(67)70)47-18-4-3-5-19-47/h3-44H,1-2H3. The van der Waals surface area contributed by atoms with Gasteiger partial charge >= 0.3 is 0 Å². The number of nitrogens with zero attached hydrogens (tertiary/aromatic N) is 2. The molecule has 2 nitrogen and oxygen atoms in total. The summed E-state index contributed by atoms with van der Waals surface area (Å²) in [6, 6.07) is 95.2. The quantitative estimate of drug-likeness (QED) is 0.161. The molecule has 0 saturated heterocycles. The molecule has 3 aliphatic rings. The third kappa shape index (κ3) is 5.55. The van der Waals surface area contributed by atoms with Gasteiger partial charge in [0, 0.05) is 38.8 Å². The van der Waals surface area contributed by atoms with E-state index in [4.69, 9.17) is 0 Å². The lowest BCUT2D eigenvalue weighted by Gasteiger charge is -2.32. The van der Waals surface area contributed by atoms with Crippen molar-refractivity contribution < 1.29 is 0 Å². The number of para-hydroxylation sites is 2. The minimum absolute atomic E-state index is 0.161. The molecule has 0 bridgehead atoms. The molecule has 1 aromatic heterocycles. The lowest BCUT2D eigenvalue weighted by atomic mass is 9.70. The van der Waals surface area contributed by atoms with E-state index in [1.165, 1.54) is 117 Å². The van der Waals surface area contributed by atoms with E-state index in [1.807, 2.05) is 0 Å². The fraction of sp³-hybridized carbons (Fsp3) is 0.0571. The van der Waals surface area contributed by atoms with Crippen LogP contribution in [0.4, 0.5) is 17.1 Å². The molecule has 0 saturated carbocycles. The van der Waals surface area contributed by atoms with E-state index >= 15 is 0 Å². The summed E-state index contributed by atoms with van der Waals surface area (Å²) in [5.74, 6) is 0. The van der Waals surface area contributed by atoms with Crippen molar-refractivity contribution >= 4 is 38.9 Å². The SMILES string of the molecule is CC1(C)c2ccccc2-c2ccc(N(c3ccc(-c4ccc(-n5c6ccccc6c6ccccc65)cc4)cc3)c3cccc4c3-c3ccccc3C43c4ccccc4-c4c(-c5ccccc5)cccc43)cc21. The summed E-state index contributed by atoms with van der Waals surface area (Å²) in [5, 5.41) is 2.54. The molecule has 1 unspecified atom stereocenters. The number of hydrogen-bond acceptors (Lipinski definition) is 1. The zero-order valence-corrected chi connectivity index (χ0v) is 40.1. The molecule has 11 aromatic carbocycles. The smallest absolute Gasteiger partial charge is 0.0726 e. The lowest BCUT2D eigenvalue weighted by molar-refractivity contribution is 0.660. The molecule has 0 amide bonds. The van der Waals surface area contributed by atoms with Crippen molar-refractivity contribution in [3.05, 3.63) is 288 Å². The number of fused-ring (bicyclic) bond motifs is 16. The van der Waals surface area contributed by atoms with Crippen LogP contribution in [0.3, 0.4) is 0 Å². The molecule has 338 valence electrons. The van der Waals surface area contributed by atoms with Gasteiger partial charge in [0.25, 0.3) is 0 Å². The molecular weight excluding hydrogens is 869 g/mol. The van der Waals surface area contributed by atoms with Crippen molar-refractivity contribution in [1.29, 1.82) is 0 Å². The van der Waals surface area contributed by atoms with Gasteiger partial charge in [-0.2, -0.15) is 0 Å². The Bertz CT molecular complexity index is 4120. The van der Waals surface area contributed by atoms with Crippen LogP contribution in [0.15, 0.2) is 255 Å². The number of hydrogen-bond donors (Lipinski definition) is 0. The summed E-state index contributed by atoms with van der Waals surface area (Å²) in [5.41, 5.74) is 27.0. The first-order valence-electron chi connectivity index (χ1n) is 25.3. The summed E-state index contributed by atoms with van der Waals surface area (Å²) in [6.45, 7) is 4.76. The Morgan fingerprint density at radius 3 is 1.49 bits per heavy atom. The van der Waals surface area contributed by atoms with Crippen LogP contribution in [0.25, 0.3) is 83.1 Å². The van der Waals surface area contributed by atoms with Gasteiger partial charge in [0.05, 0.1) is 22.1 Å². The molecular formula is C70H48N2. The highest BCUT2D eigenvalue weighted by Gasteiger charge is 2.53. The Kier molecular flexibility index (Phi) is 8.66. The third-order valence-corrected chi connectivity index (χ3v) is 16.4. The van der Waals surface area contributed by atoms with E-state index in [0.29, 0.717) is 0 Å². The Labute approximate surface area is 420 Å². The van der Waals surface area contributed by atoms with Crippen LogP contribution >= 0.6 is 0 Å². The molecule has 1 heterocycles. The molecule has 1 spiro atoms. The van der Waals surface area contributed by atoms with Crippen molar-refractivity contribution in [3.63, 3.8) is 0 Å². The predicted molar refractivity (Wildman–Crippen MR) is 300 cm³/mol. The molecule has 2 heteroatoms. The van der Waals surface area contributed by atoms with Gasteiger partial charge in [-0.05, 0) is 138 Å². The van der Waals surface area contributed by atoms with E-state index in [1.54, 1.807) is 0 Å². The average Bonchev–Trinajstić information content (AvgIpc) is 4.13. The second kappa shape index (κ2) is 15.3. The molecule has 1 atom stereocenters. The van der Waals surface area contributed by atoms with E-state index in [0.717, 1.165) is 17.1 Å². The maximum Gasteiger partial charge on any atom is 0.0726 e. The van der Waals surface area contributed by atoms with Gasteiger partial charge in [-0.3, -0.25) is 0 Å². The Hall–Kier alpha value is -8.98. The molecule has 72 heavy (non-hydrogen) atoms. The van der Waals surface area contributed by atoms with Gasteiger partial charge in [0.15, 0.2) is 0 Å². The summed E-state index contributed by atoms with van der Waals surface area (Å²) in [6.07, 6.45) is 0. The van der Waals surface area contributed by atoms with E-state index < -0.39 is 5.41 Å². The fourth-order valence-corrected chi connectivity index (χ4v) is 13.3. The third-order valence-electron chi connectivity index (χ3n) is 16.4. The molecule has 0 fully saturated rings. The van der Waals surface area contributed by atoms with Crippen LogP contribution in [0.5, 0.6) is 0 Å². The molecule has 12 aromatic rings. The molecule has 3 aliphatic carbocycles. The highest BCUT2D eigenvalue weighted by atomic mass is 15.1. The van der Waals surface area contributed by atoms with E-state index in [-0.39, 0.29) is 5.41 Å². The number of rotatable bonds is 6. The normalized spacial score (nSPS) is 15.2. The van der Waals surface area contributed by atoms with Crippen molar-refractivity contribution in [2.24, 2.45) is 0 Å². The van der Waals surface area contributed by atoms with Gasteiger partial charge in [0.2, 0.25) is 0 Å².